The average Bonchev–Trinajstić information content (AvgIpc) is 2.84. The first-order valence-corrected chi connectivity index (χ1v) is 8.25. The van der Waals surface area contributed by atoms with Crippen LogP contribution in [-0.2, 0) is 4.79 Å². The number of non-ortho nitro benzene ring substituents is 1. The molecule has 0 aliphatic carbocycles. The molecule has 1 N–H and O–H groups in total. The van der Waals surface area contributed by atoms with E-state index in [2.05, 4.69) is 10.3 Å². The van der Waals surface area contributed by atoms with Crippen molar-refractivity contribution >= 4 is 45.2 Å². The second kappa shape index (κ2) is 6.95. The van der Waals surface area contributed by atoms with E-state index in [1.54, 1.807) is 11.8 Å². The Bertz CT molecular complexity index is 575. The SMILES string of the molecule is C[C@H]1CSC(S[C@H](C)C(=O)Nc2ccc([N+](=O)[O-])cc2)=N1. The summed E-state index contributed by atoms with van der Waals surface area (Å²) in [6, 6.07) is 6.09. The Morgan fingerprint density at radius 3 is 2.71 bits per heavy atom. The van der Waals surface area contributed by atoms with E-state index in [4.69, 9.17) is 0 Å². The summed E-state index contributed by atoms with van der Waals surface area (Å²) in [5.74, 6) is 0.815. The fourth-order valence-electron chi connectivity index (χ4n) is 1.63. The molecule has 0 unspecified atom stereocenters. The molecule has 1 heterocycles. The molecule has 0 spiro atoms. The molecule has 2 rings (SSSR count). The van der Waals surface area contributed by atoms with Crippen molar-refractivity contribution in [3.8, 4) is 0 Å². The molecule has 8 heteroatoms. The molecule has 2 atom stereocenters. The predicted molar refractivity (Wildman–Crippen MR) is 88.1 cm³/mol. The number of nitro benzene ring substituents is 1. The number of nitrogens with zero attached hydrogens (tertiary/aromatic N) is 2. The van der Waals surface area contributed by atoms with Gasteiger partial charge in [-0.2, -0.15) is 0 Å². The van der Waals surface area contributed by atoms with E-state index in [9.17, 15) is 14.9 Å². The van der Waals surface area contributed by atoms with Gasteiger partial charge in [-0.25, -0.2) is 0 Å². The summed E-state index contributed by atoms with van der Waals surface area (Å²) in [5.41, 5.74) is 0.550. The van der Waals surface area contributed by atoms with E-state index >= 15 is 0 Å². The standard InChI is InChI=1S/C13H15N3O3S2/c1-8-7-20-13(14-8)21-9(2)12(17)15-10-3-5-11(6-4-10)16(18)19/h3-6,8-9H,7H2,1-2H3,(H,15,17)/t8-,9+/m0/s1. The molecule has 0 aromatic heterocycles. The number of rotatable bonds is 4. The van der Waals surface area contributed by atoms with Crippen LogP contribution in [0.2, 0.25) is 0 Å². The molecule has 0 fully saturated rings. The lowest BCUT2D eigenvalue weighted by atomic mass is 10.3. The third-order valence-corrected chi connectivity index (χ3v) is 5.28. The van der Waals surface area contributed by atoms with Crippen molar-refractivity contribution in [2.75, 3.05) is 11.1 Å². The number of carbonyl (C=O) groups is 1. The first-order valence-electron chi connectivity index (χ1n) is 6.38. The van der Waals surface area contributed by atoms with Gasteiger partial charge >= 0.3 is 0 Å². The second-order valence-electron chi connectivity index (χ2n) is 4.61. The van der Waals surface area contributed by atoms with Crippen molar-refractivity contribution in [1.82, 2.24) is 0 Å². The van der Waals surface area contributed by atoms with Crippen molar-refractivity contribution in [1.29, 1.82) is 0 Å². The Balaban J connectivity index is 1.91. The summed E-state index contributed by atoms with van der Waals surface area (Å²) in [7, 11) is 0. The Kier molecular flexibility index (Phi) is 5.24. The van der Waals surface area contributed by atoms with Crippen molar-refractivity contribution in [2.24, 2.45) is 4.99 Å². The van der Waals surface area contributed by atoms with Gasteiger partial charge in [0.2, 0.25) is 5.91 Å². The number of nitrogens with one attached hydrogen (secondary N) is 1. The zero-order chi connectivity index (χ0) is 15.4. The summed E-state index contributed by atoms with van der Waals surface area (Å²) >= 11 is 3.10. The topological polar surface area (TPSA) is 84.6 Å². The molecule has 21 heavy (non-hydrogen) atoms. The predicted octanol–water partition coefficient (Wildman–Crippen LogP) is 3.15. The van der Waals surface area contributed by atoms with Crippen molar-refractivity contribution in [2.45, 2.75) is 25.1 Å². The molecular weight excluding hydrogens is 310 g/mol. The normalized spacial score (nSPS) is 19.0. The van der Waals surface area contributed by atoms with Crippen LogP contribution >= 0.6 is 23.5 Å². The number of aliphatic imine (C=N–C) groups is 1. The number of thioether (sulfide) groups is 2. The van der Waals surface area contributed by atoms with E-state index < -0.39 is 4.92 Å². The quantitative estimate of drug-likeness (QED) is 0.679. The van der Waals surface area contributed by atoms with E-state index in [0.29, 0.717) is 11.7 Å². The van der Waals surface area contributed by atoms with Crippen molar-refractivity contribution in [3.63, 3.8) is 0 Å². The minimum Gasteiger partial charge on any atom is -0.325 e. The number of nitro groups is 1. The van der Waals surface area contributed by atoms with Gasteiger partial charge in [-0.3, -0.25) is 19.9 Å². The number of amides is 1. The van der Waals surface area contributed by atoms with E-state index in [0.717, 1.165) is 10.1 Å². The van der Waals surface area contributed by atoms with Gasteiger partial charge in [-0.15, -0.1) is 0 Å². The molecular formula is C13H15N3O3S2. The van der Waals surface area contributed by atoms with Gasteiger partial charge in [0.25, 0.3) is 5.69 Å². The molecule has 112 valence electrons. The van der Waals surface area contributed by atoms with Crippen LogP contribution in [0.3, 0.4) is 0 Å². The van der Waals surface area contributed by atoms with Gasteiger partial charge in [-0.1, -0.05) is 23.5 Å². The molecule has 1 aliphatic heterocycles. The Labute approximate surface area is 130 Å². The molecule has 1 aromatic rings. The summed E-state index contributed by atoms with van der Waals surface area (Å²) in [4.78, 5) is 26.6. The molecule has 6 nitrogen and oxygen atoms in total. The summed E-state index contributed by atoms with van der Waals surface area (Å²) < 4.78 is 0.939. The number of hydrogen-bond acceptors (Lipinski definition) is 6. The maximum Gasteiger partial charge on any atom is 0.269 e. The van der Waals surface area contributed by atoms with E-state index in [1.165, 1.54) is 36.0 Å². The minimum absolute atomic E-state index is 0.00104. The van der Waals surface area contributed by atoms with Crippen LogP contribution in [0.5, 0.6) is 0 Å². The van der Waals surface area contributed by atoms with Crippen LogP contribution < -0.4 is 5.32 Å². The largest absolute Gasteiger partial charge is 0.325 e. The van der Waals surface area contributed by atoms with Crippen LogP contribution in [-0.4, -0.2) is 32.3 Å². The molecule has 0 saturated heterocycles. The summed E-state index contributed by atoms with van der Waals surface area (Å²) in [6.45, 7) is 3.86. The van der Waals surface area contributed by atoms with Crippen molar-refractivity contribution in [3.05, 3.63) is 34.4 Å². The zero-order valence-corrected chi connectivity index (χ0v) is 13.2. The minimum atomic E-state index is -0.472. The molecule has 1 aromatic carbocycles. The highest BCUT2D eigenvalue weighted by Gasteiger charge is 2.21. The van der Waals surface area contributed by atoms with Gasteiger partial charge in [0.15, 0.2) is 0 Å². The van der Waals surface area contributed by atoms with E-state index in [-0.39, 0.29) is 16.8 Å². The first-order chi connectivity index (χ1) is 9.95. The number of hydrogen-bond donors (Lipinski definition) is 1. The molecule has 0 bridgehead atoms. The number of carbonyl (C=O) groups excluding carboxylic acids is 1. The van der Waals surface area contributed by atoms with Gasteiger partial charge in [0, 0.05) is 23.6 Å². The highest BCUT2D eigenvalue weighted by Crippen LogP contribution is 2.29. The first kappa shape index (κ1) is 15.8. The van der Waals surface area contributed by atoms with Crippen LogP contribution in [0.1, 0.15) is 13.8 Å². The van der Waals surface area contributed by atoms with Crippen LogP contribution in [0.25, 0.3) is 0 Å². The maximum absolute atomic E-state index is 12.1. The van der Waals surface area contributed by atoms with Crippen molar-refractivity contribution < 1.29 is 9.72 Å². The van der Waals surface area contributed by atoms with Crippen LogP contribution in [0.15, 0.2) is 29.3 Å². The van der Waals surface area contributed by atoms with Crippen LogP contribution in [0.4, 0.5) is 11.4 Å². The Morgan fingerprint density at radius 2 is 2.19 bits per heavy atom. The Hall–Kier alpha value is -1.54. The highest BCUT2D eigenvalue weighted by atomic mass is 32.2. The van der Waals surface area contributed by atoms with Gasteiger partial charge in [-0.05, 0) is 26.0 Å². The lowest BCUT2D eigenvalue weighted by Gasteiger charge is -2.11. The Morgan fingerprint density at radius 1 is 1.52 bits per heavy atom. The summed E-state index contributed by atoms with van der Waals surface area (Å²) in [5, 5.41) is 13.0. The van der Waals surface area contributed by atoms with Crippen LogP contribution in [0, 0.1) is 10.1 Å². The average molecular weight is 325 g/mol. The fourth-order valence-corrected chi connectivity index (χ4v) is 3.96. The smallest absolute Gasteiger partial charge is 0.269 e. The second-order valence-corrected chi connectivity index (χ2v) is 7.20. The molecule has 0 saturated carbocycles. The summed E-state index contributed by atoms with van der Waals surface area (Å²) in [6.07, 6.45) is 0. The number of anilines is 1. The lowest BCUT2D eigenvalue weighted by molar-refractivity contribution is -0.384. The highest BCUT2D eigenvalue weighted by molar-refractivity contribution is 8.39. The van der Waals surface area contributed by atoms with Gasteiger partial charge in [0.1, 0.15) is 4.38 Å². The molecule has 1 amide bonds. The third kappa shape index (κ3) is 4.47. The maximum atomic E-state index is 12.1. The monoisotopic (exact) mass is 325 g/mol. The fraction of sp³-hybridized carbons (Fsp3) is 0.385. The molecule has 0 radical (unpaired) electrons. The lowest BCUT2D eigenvalue weighted by Crippen LogP contribution is -2.23. The third-order valence-electron chi connectivity index (χ3n) is 2.77. The molecule has 1 aliphatic rings. The van der Waals surface area contributed by atoms with E-state index in [1.807, 2.05) is 13.8 Å². The zero-order valence-electron chi connectivity index (χ0n) is 11.6. The van der Waals surface area contributed by atoms with Gasteiger partial charge in [0.05, 0.1) is 16.2 Å². The van der Waals surface area contributed by atoms with Gasteiger partial charge < -0.3 is 5.32 Å². The number of benzene rings is 1.